The molecular formula is C18H35N4O16P3. The molecule has 2 saturated heterocycles. The maximum absolute atomic E-state index is 11.7. The number of H-pyrrole nitrogens is 1. The van der Waals surface area contributed by atoms with Crippen LogP contribution in [-0.4, -0.2) is 91.6 Å². The van der Waals surface area contributed by atoms with E-state index in [9.17, 15) is 43.6 Å². The number of hydrogen-bond acceptors (Lipinski definition) is 14. The summed E-state index contributed by atoms with van der Waals surface area (Å²) in [6.07, 6.45) is -3.76. The number of hydrogen-bond donors (Lipinski definition) is 9. The smallest absolute Gasteiger partial charge is 0.387 e. The highest BCUT2D eigenvalue weighted by Crippen LogP contribution is 2.66. The van der Waals surface area contributed by atoms with Crippen molar-refractivity contribution in [3.8, 4) is 0 Å². The number of aromatic amines is 1. The number of nitrogens with zero attached hydrogens (tertiary/aromatic N) is 2. The zero-order valence-corrected chi connectivity index (χ0v) is 25.0. The monoisotopic (exact) mass is 656 g/mol. The maximum Gasteiger partial charge on any atom is 0.490 e. The summed E-state index contributed by atoms with van der Waals surface area (Å²) in [7, 11) is -16.8. The van der Waals surface area contributed by atoms with Gasteiger partial charge in [0.05, 0.1) is 12.1 Å². The van der Waals surface area contributed by atoms with Crippen LogP contribution in [0.3, 0.4) is 0 Å². The van der Waals surface area contributed by atoms with E-state index in [1.807, 2.05) is 32.7 Å². The lowest BCUT2D eigenvalue weighted by Gasteiger charge is -2.51. The molecule has 0 aliphatic carbocycles. The van der Waals surface area contributed by atoms with Crippen molar-refractivity contribution in [3.63, 3.8) is 0 Å². The first-order valence-corrected chi connectivity index (χ1v) is 16.3. The molecule has 10 N–H and O–H groups in total. The van der Waals surface area contributed by atoms with E-state index < -0.39 is 65.9 Å². The summed E-state index contributed by atoms with van der Waals surface area (Å²) in [6, 6.07) is 0.985. The van der Waals surface area contributed by atoms with Crippen molar-refractivity contribution in [2.75, 3.05) is 6.61 Å². The minimum atomic E-state index is -5.73. The third-order valence-corrected chi connectivity index (χ3v) is 10.2. The van der Waals surface area contributed by atoms with Gasteiger partial charge in [-0.15, -0.1) is 0 Å². The minimum absolute atomic E-state index is 0.0653. The summed E-state index contributed by atoms with van der Waals surface area (Å²) in [6.45, 7) is 7.01. The summed E-state index contributed by atoms with van der Waals surface area (Å²) in [5.74, 6) is 0. The number of nitrogens with one attached hydrogen (secondary N) is 1. The number of phosphoric acid groups is 3. The second kappa shape index (κ2) is 12.8. The first-order valence-electron chi connectivity index (χ1n) is 11.7. The van der Waals surface area contributed by atoms with Gasteiger partial charge in [-0.3, -0.25) is 18.9 Å². The van der Waals surface area contributed by atoms with Crippen molar-refractivity contribution in [1.82, 2.24) is 14.6 Å². The highest BCUT2D eigenvalue weighted by Gasteiger charge is 2.47. The molecule has 0 aromatic carbocycles. The number of nitrogens with two attached hydrogens (primary N) is 1. The van der Waals surface area contributed by atoms with Crippen molar-refractivity contribution >= 4 is 23.5 Å². The molecule has 0 spiro atoms. The molecule has 1 aromatic rings. The summed E-state index contributed by atoms with van der Waals surface area (Å²) in [5, 5.41) is 31.2. The fourth-order valence-electron chi connectivity index (χ4n) is 4.10. The largest absolute Gasteiger partial charge is 0.490 e. The van der Waals surface area contributed by atoms with Crippen molar-refractivity contribution in [1.29, 1.82) is 0 Å². The molecule has 0 amide bonds. The highest BCUT2D eigenvalue weighted by molar-refractivity contribution is 7.66. The number of hydroxylamine groups is 2. The summed E-state index contributed by atoms with van der Waals surface area (Å²) in [5.41, 5.74) is 3.73. The van der Waals surface area contributed by atoms with Crippen LogP contribution < -0.4 is 17.0 Å². The number of aliphatic hydroxyl groups excluding tert-OH is 2. The first kappa shape index (κ1) is 36.0. The Morgan fingerprint density at radius 2 is 1.63 bits per heavy atom. The van der Waals surface area contributed by atoms with E-state index in [1.54, 1.807) is 0 Å². The van der Waals surface area contributed by atoms with Crippen LogP contribution in [0.25, 0.3) is 0 Å². The van der Waals surface area contributed by atoms with Crippen LogP contribution in [0.1, 0.15) is 46.8 Å². The summed E-state index contributed by atoms with van der Waals surface area (Å²) in [4.78, 5) is 59.9. The zero-order chi connectivity index (χ0) is 31.8. The summed E-state index contributed by atoms with van der Waals surface area (Å²) >= 11 is 0. The predicted molar refractivity (Wildman–Crippen MR) is 136 cm³/mol. The first-order chi connectivity index (χ1) is 18.4. The molecule has 3 rings (SSSR count). The molecule has 2 aliphatic heterocycles. The van der Waals surface area contributed by atoms with Crippen molar-refractivity contribution in [3.05, 3.63) is 33.1 Å². The van der Waals surface area contributed by atoms with Crippen LogP contribution in [0, 0.1) is 0 Å². The molecule has 2 aliphatic rings. The van der Waals surface area contributed by atoms with E-state index in [0.29, 0.717) is 4.57 Å². The minimum Gasteiger partial charge on any atom is -0.387 e. The molecule has 0 saturated carbocycles. The lowest BCUT2D eigenvalue weighted by Crippen LogP contribution is -2.65. The fourth-order valence-corrected chi connectivity index (χ4v) is 7.13. The molecule has 20 nitrogen and oxygen atoms in total. The van der Waals surface area contributed by atoms with Gasteiger partial charge in [-0.25, -0.2) is 18.5 Å². The maximum atomic E-state index is 11.7. The SMILES string of the molecule is CC1(C)CCC(N)C(C)(C)N1O.O=c1ccn([C@@H]2O[C@H](COP(=O)(O)OP(=O)(O)OP(=O)(O)O)[C@@H](O)[C@H]2O)c(=O)[nH]1. The number of piperidine rings is 1. The Hall–Kier alpha value is -1.15. The van der Waals surface area contributed by atoms with Crippen LogP contribution in [0.2, 0.25) is 0 Å². The lowest BCUT2D eigenvalue weighted by atomic mass is 9.79. The van der Waals surface area contributed by atoms with Gasteiger partial charge in [0.15, 0.2) is 6.23 Å². The molecule has 7 atom stereocenters. The van der Waals surface area contributed by atoms with E-state index in [2.05, 4.69) is 13.1 Å². The van der Waals surface area contributed by atoms with Crippen LogP contribution >= 0.6 is 23.5 Å². The molecule has 3 unspecified atom stereocenters. The van der Waals surface area contributed by atoms with E-state index >= 15 is 0 Å². The van der Waals surface area contributed by atoms with E-state index in [4.69, 9.17) is 25.2 Å². The summed E-state index contributed by atoms with van der Waals surface area (Å²) < 4.78 is 50.6. The number of aliphatic hydroxyl groups is 2. The predicted octanol–water partition coefficient (Wildman–Crippen LogP) is -1.14. The van der Waals surface area contributed by atoms with Gasteiger partial charge < -0.3 is 45.5 Å². The second-order valence-corrected chi connectivity index (χ2v) is 14.8. The van der Waals surface area contributed by atoms with Crippen molar-refractivity contribution in [2.45, 2.75) is 82.2 Å². The standard InChI is InChI=1S/C9H15N2O15P3.C9H20N2O/c12-5-1-2-11(9(15)10-5)8-7(14)6(13)4(24-8)3-23-28(19,20)26-29(21,22)25-27(16,17)18;1-8(2)6-5-7(10)9(3,4)11(8)12/h1-2,4,6-8,13-14H,3H2,(H,19,20)(H,21,22)(H,10,12,15)(H2,16,17,18);7,12H,5-6,10H2,1-4H3/t4-,6-,7-,8-;/m1./s1. The van der Waals surface area contributed by atoms with E-state index in [0.717, 1.165) is 25.1 Å². The Morgan fingerprint density at radius 1 is 1.05 bits per heavy atom. The lowest BCUT2D eigenvalue weighted by molar-refractivity contribution is -0.246. The van der Waals surface area contributed by atoms with Gasteiger partial charge in [-0.05, 0) is 40.5 Å². The average Bonchev–Trinajstić information content (AvgIpc) is 3.06. The molecule has 23 heteroatoms. The number of ether oxygens (including phenoxy) is 1. The van der Waals surface area contributed by atoms with Gasteiger partial charge >= 0.3 is 29.2 Å². The fraction of sp³-hybridized carbons (Fsp3) is 0.778. The van der Waals surface area contributed by atoms with Crippen LogP contribution in [0.5, 0.6) is 0 Å². The molecule has 0 bridgehead atoms. The van der Waals surface area contributed by atoms with Gasteiger partial charge in [-0.1, -0.05) is 0 Å². The van der Waals surface area contributed by atoms with Gasteiger partial charge in [0.2, 0.25) is 0 Å². The van der Waals surface area contributed by atoms with Crippen LogP contribution in [-0.2, 0) is 31.6 Å². The van der Waals surface area contributed by atoms with Gasteiger partial charge in [0, 0.05) is 23.8 Å². The van der Waals surface area contributed by atoms with E-state index in [1.165, 1.54) is 5.06 Å². The third kappa shape index (κ3) is 9.67. The van der Waals surface area contributed by atoms with Crippen LogP contribution in [0.15, 0.2) is 21.9 Å². The Kier molecular flexibility index (Phi) is 11.3. The normalized spacial score (nSPS) is 31.0. The van der Waals surface area contributed by atoms with Gasteiger partial charge in [0.1, 0.15) is 18.3 Å². The van der Waals surface area contributed by atoms with E-state index in [-0.39, 0.29) is 17.1 Å². The Balaban J connectivity index is 0.000000408. The highest BCUT2D eigenvalue weighted by atomic mass is 31.3. The number of rotatable bonds is 8. The second-order valence-electron chi connectivity index (χ2n) is 10.4. The van der Waals surface area contributed by atoms with Gasteiger partial charge in [0.25, 0.3) is 5.56 Å². The molecule has 0 radical (unpaired) electrons. The topological polar surface area (TPSA) is 314 Å². The average molecular weight is 656 g/mol. The van der Waals surface area contributed by atoms with Crippen molar-refractivity contribution in [2.24, 2.45) is 5.73 Å². The third-order valence-electron chi connectivity index (χ3n) is 6.37. The van der Waals surface area contributed by atoms with Crippen molar-refractivity contribution < 1.29 is 66.6 Å². The van der Waals surface area contributed by atoms with Gasteiger partial charge in [-0.2, -0.15) is 13.7 Å². The van der Waals surface area contributed by atoms with Crippen LogP contribution in [0.4, 0.5) is 0 Å². The molecule has 238 valence electrons. The number of phosphoric ester groups is 1. The molecular weight excluding hydrogens is 621 g/mol. The Morgan fingerprint density at radius 3 is 2.15 bits per heavy atom. The molecule has 41 heavy (non-hydrogen) atoms. The molecule has 3 heterocycles. The zero-order valence-electron chi connectivity index (χ0n) is 22.3. The number of aromatic nitrogens is 2. The Labute approximate surface area is 232 Å². The molecule has 1 aromatic heterocycles. The quantitative estimate of drug-likeness (QED) is 0.149. The molecule has 2 fully saturated rings. The Bertz CT molecular complexity index is 1330.